The first-order chi connectivity index (χ1) is 15.3. The molecule has 1 fully saturated rings. The summed E-state index contributed by atoms with van der Waals surface area (Å²) in [4.78, 5) is 16.4. The summed E-state index contributed by atoms with van der Waals surface area (Å²) in [5.41, 5.74) is 1.84. The van der Waals surface area contributed by atoms with Crippen LogP contribution in [0.1, 0.15) is 12.0 Å². The average molecular weight is 474 g/mol. The number of carbonyl (C=O) groups excluding carboxylic acids is 1. The number of nitrogens with zero attached hydrogens (tertiary/aromatic N) is 2. The third-order valence-corrected chi connectivity index (χ3v) is 6.74. The van der Waals surface area contributed by atoms with Gasteiger partial charge in [-0.25, -0.2) is 17.6 Å². The molecule has 1 N–H and O–H groups in total. The van der Waals surface area contributed by atoms with Crippen LogP contribution < -0.4 is 9.62 Å². The van der Waals surface area contributed by atoms with Crippen LogP contribution in [0.5, 0.6) is 0 Å². The number of amides is 2. The standard InChI is InChI=1S/C23H21ClFN3O3S/c24-18-5-1-4-17(14-18)16-27-12-3-13-28(23(27)29)21-7-2-6-20(15-21)26-32(30,31)22-10-8-19(25)9-11-22/h1-2,4-11,14-15,26H,3,12-13,16H2. The number of rotatable bonds is 6. The van der Waals surface area contributed by atoms with Crippen molar-refractivity contribution in [3.05, 3.63) is 89.2 Å². The number of benzene rings is 3. The van der Waals surface area contributed by atoms with Crippen LogP contribution in [0.15, 0.2) is 77.7 Å². The van der Waals surface area contributed by atoms with Crippen molar-refractivity contribution in [3.8, 4) is 0 Å². The van der Waals surface area contributed by atoms with Gasteiger partial charge in [-0.05, 0) is 66.6 Å². The molecule has 4 rings (SSSR count). The van der Waals surface area contributed by atoms with Crippen molar-refractivity contribution in [1.82, 2.24) is 4.90 Å². The lowest BCUT2D eigenvalue weighted by molar-refractivity contribution is 0.192. The number of anilines is 2. The fourth-order valence-corrected chi connectivity index (χ4v) is 4.85. The molecular formula is C23H21ClFN3O3S. The predicted molar refractivity (Wildman–Crippen MR) is 123 cm³/mol. The molecule has 0 aliphatic carbocycles. The van der Waals surface area contributed by atoms with Crippen LogP contribution in [0.4, 0.5) is 20.6 Å². The Hall–Kier alpha value is -3.10. The fraction of sp³-hybridized carbons (Fsp3) is 0.174. The van der Waals surface area contributed by atoms with Gasteiger partial charge in [0, 0.05) is 30.3 Å². The number of sulfonamides is 1. The van der Waals surface area contributed by atoms with E-state index in [1.54, 1.807) is 40.1 Å². The molecule has 3 aromatic rings. The molecular weight excluding hydrogens is 453 g/mol. The van der Waals surface area contributed by atoms with Crippen LogP contribution in [0.2, 0.25) is 5.02 Å². The fourth-order valence-electron chi connectivity index (χ4n) is 3.59. The van der Waals surface area contributed by atoms with Gasteiger partial charge in [0.25, 0.3) is 10.0 Å². The zero-order valence-electron chi connectivity index (χ0n) is 17.0. The molecule has 9 heteroatoms. The Morgan fingerprint density at radius 1 is 0.969 bits per heavy atom. The van der Waals surface area contributed by atoms with Crippen molar-refractivity contribution >= 4 is 39.0 Å². The second-order valence-corrected chi connectivity index (χ2v) is 9.57. The van der Waals surface area contributed by atoms with Gasteiger partial charge in [0.1, 0.15) is 5.82 Å². The first-order valence-corrected chi connectivity index (χ1v) is 11.9. The van der Waals surface area contributed by atoms with E-state index in [1.807, 2.05) is 18.2 Å². The van der Waals surface area contributed by atoms with Gasteiger partial charge in [0.15, 0.2) is 0 Å². The van der Waals surface area contributed by atoms with Crippen molar-refractivity contribution < 1.29 is 17.6 Å². The lowest BCUT2D eigenvalue weighted by Crippen LogP contribution is -2.49. The number of nitrogens with one attached hydrogen (secondary N) is 1. The molecule has 32 heavy (non-hydrogen) atoms. The Bertz CT molecular complexity index is 1240. The third-order valence-electron chi connectivity index (χ3n) is 5.11. The van der Waals surface area contributed by atoms with Gasteiger partial charge in [0.2, 0.25) is 0 Å². The molecule has 0 radical (unpaired) electrons. The highest BCUT2D eigenvalue weighted by atomic mass is 35.5. The topological polar surface area (TPSA) is 69.7 Å². The minimum absolute atomic E-state index is 0.0500. The molecule has 3 aromatic carbocycles. The maximum Gasteiger partial charge on any atom is 0.324 e. The Kier molecular flexibility index (Phi) is 6.34. The average Bonchev–Trinajstić information content (AvgIpc) is 2.75. The Labute approximate surface area is 191 Å². The number of hydrogen-bond donors (Lipinski definition) is 1. The summed E-state index contributed by atoms with van der Waals surface area (Å²) in [7, 11) is -3.89. The van der Waals surface area contributed by atoms with Gasteiger partial charge in [-0.2, -0.15) is 0 Å². The van der Waals surface area contributed by atoms with Crippen LogP contribution in [0.25, 0.3) is 0 Å². The number of halogens is 2. The van der Waals surface area contributed by atoms with Crippen molar-refractivity contribution in [1.29, 1.82) is 0 Å². The third kappa shape index (κ3) is 5.03. The second kappa shape index (κ2) is 9.18. The Morgan fingerprint density at radius 2 is 1.72 bits per heavy atom. The van der Waals surface area contributed by atoms with Gasteiger partial charge in [-0.1, -0.05) is 29.8 Å². The summed E-state index contributed by atoms with van der Waals surface area (Å²) in [5.74, 6) is -0.517. The van der Waals surface area contributed by atoms with E-state index in [4.69, 9.17) is 11.6 Å². The molecule has 1 aliphatic rings. The molecule has 2 amide bonds. The maximum atomic E-state index is 13.1. The smallest absolute Gasteiger partial charge is 0.320 e. The van der Waals surface area contributed by atoms with E-state index in [2.05, 4.69) is 4.72 Å². The van der Waals surface area contributed by atoms with E-state index in [1.165, 1.54) is 12.1 Å². The lowest BCUT2D eigenvalue weighted by Gasteiger charge is -2.36. The summed E-state index contributed by atoms with van der Waals surface area (Å²) >= 11 is 6.06. The molecule has 166 valence electrons. The van der Waals surface area contributed by atoms with Crippen molar-refractivity contribution in [2.24, 2.45) is 0 Å². The van der Waals surface area contributed by atoms with Gasteiger partial charge < -0.3 is 4.90 Å². The van der Waals surface area contributed by atoms with Crippen molar-refractivity contribution in [3.63, 3.8) is 0 Å². The van der Waals surface area contributed by atoms with E-state index in [0.717, 1.165) is 24.1 Å². The van der Waals surface area contributed by atoms with Gasteiger partial charge in [-0.15, -0.1) is 0 Å². The number of carbonyl (C=O) groups is 1. The summed E-state index contributed by atoms with van der Waals surface area (Å²) < 4.78 is 40.8. The maximum absolute atomic E-state index is 13.1. The largest absolute Gasteiger partial charge is 0.324 e. The van der Waals surface area contributed by atoms with Gasteiger partial charge in [-0.3, -0.25) is 9.62 Å². The lowest BCUT2D eigenvalue weighted by atomic mass is 10.1. The molecule has 0 saturated carbocycles. The summed E-state index contributed by atoms with van der Waals surface area (Å²) in [6.45, 7) is 1.59. The molecule has 0 spiro atoms. The monoisotopic (exact) mass is 473 g/mol. The number of urea groups is 1. The molecule has 0 unspecified atom stereocenters. The zero-order chi connectivity index (χ0) is 22.7. The summed E-state index contributed by atoms with van der Waals surface area (Å²) in [5, 5.41) is 0.616. The molecule has 1 aliphatic heterocycles. The van der Waals surface area contributed by atoms with Crippen LogP contribution in [-0.4, -0.2) is 32.4 Å². The first kappa shape index (κ1) is 22.1. The molecule has 0 atom stereocenters. The summed E-state index contributed by atoms with van der Waals surface area (Å²) in [6, 6.07) is 18.5. The first-order valence-electron chi connectivity index (χ1n) is 10.0. The quantitative estimate of drug-likeness (QED) is 0.540. The van der Waals surface area contributed by atoms with Crippen LogP contribution >= 0.6 is 11.6 Å². The second-order valence-electron chi connectivity index (χ2n) is 7.45. The van der Waals surface area contributed by atoms with Gasteiger partial charge in [0.05, 0.1) is 10.6 Å². The normalized spacial score (nSPS) is 14.5. The minimum Gasteiger partial charge on any atom is -0.320 e. The molecule has 1 heterocycles. The van der Waals surface area contributed by atoms with Gasteiger partial charge >= 0.3 is 6.03 Å². The highest BCUT2D eigenvalue weighted by Gasteiger charge is 2.27. The van der Waals surface area contributed by atoms with E-state index in [9.17, 15) is 17.6 Å². The summed E-state index contributed by atoms with van der Waals surface area (Å²) in [6.07, 6.45) is 0.776. The van der Waals surface area contributed by atoms with E-state index in [-0.39, 0.29) is 10.9 Å². The number of hydrogen-bond acceptors (Lipinski definition) is 3. The van der Waals surface area contributed by atoms with E-state index < -0.39 is 15.8 Å². The Morgan fingerprint density at radius 3 is 2.47 bits per heavy atom. The highest BCUT2D eigenvalue weighted by Crippen LogP contribution is 2.26. The van der Waals surface area contributed by atoms with E-state index in [0.29, 0.717) is 36.0 Å². The minimum atomic E-state index is -3.89. The molecule has 6 nitrogen and oxygen atoms in total. The molecule has 1 saturated heterocycles. The molecule has 0 bridgehead atoms. The zero-order valence-corrected chi connectivity index (χ0v) is 18.6. The van der Waals surface area contributed by atoms with Crippen LogP contribution in [-0.2, 0) is 16.6 Å². The van der Waals surface area contributed by atoms with Crippen molar-refractivity contribution in [2.45, 2.75) is 17.9 Å². The SMILES string of the molecule is O=C1N(Cc2cccc(Cl)c2)CCCN1c1cccc(NS(=O)(=O)c2ccc(F)cc2)c1. The van der Waals surface area contributed by atoms with Crippen LogP contribution in [0, 0.1) is 5.82 Å². The van der Waals surface area contributed by atoms with E-state index >= 15 is 0 Å². The highest BCUT2D eigenvalue weighted by molar-refractivity contribution is 7.92. The van der Waals surface area contributed by atoms with Crippen molar-refractivity contribution in [2.75, 3.05) is 22.7 Å². The van der Waals surface area contributed by atoms with Crippen LogP contribution in [0.3, 0.4) is 0 Å². The molecule has 0 aromatic heterocycles. The predicted octanol–water partition coefficient (Wildman–Crippen LogP) is 5.11. The Balaban J connectivity index is 1.52.